The van der Waals surface area contributed by atoms with E-state index in [9.17, 15) is 63.6 Å². The van der Waals surface area contributed by atoms with Crippen molar-refractivity contribution in [3.05, 3.63) is 35.9 Å². The quantitative estimate of drug-likeness (QED) is 0.0497. The van der Waals surface area contributed by atoms with Gasteiger partial charge in [0, 0.05) is 6.54 Å². The topological polar surface area (TPSA) is 433 Å². The van der Waals surface area contributed by atoms with Gasteiger partial charge in [0.05, 0.1) is 38.0 Å². The zero-order valence-corrected chi connectivity index (χ0v) is 40.6. The van der Waals surface area contributed by atoms with Crippen LogP contribution in [0, 0.1) is 17.8 Å². The molecule has 19 N–H and O–H groups in total. The molecule has 1 fully saturated rings. The second kappa shape index (κ2) is 28.9. The van der Waals surface area contributed by atoms with Crippen LogP contribution in [0.25, 0.3) is 0 Å². The third kappa shape index (κ3) is 18.8. The Kier molecular flexibility index (Phi) is 24.6. The van der Waals surface area contributed by atoms with Crippen LogP contribution in [-0.4, -0.2) is 166 Å². The average molecular weight is 992 g/mol. The zero-order valence-electron chi connectivity index (χ0n) is 40.6. The monoisotopic (exact) mass is 992 g/mol. The summed E-state index contributed by atoms with van der Waals surface area (Å²) >= 11 is 0. The summed E-state index contributed by atoms with van der Waals surface area (Å²) in [6.45, 7) is 7.99. The molecule has 1 aromatic carbocycles. The molecular weight excluding hydrogens is 919 g/mol. The number of carbonyl (C=O) groups is 9. The predicted molar refractivity (Wildman–Crippen MR) is 253 cm³/mol. The SMILES string of the molecule is CC(C)C[C@@H]1NC(=O)[C@H]([C@H](O)C(C)C)NC(=O)[C@@H](N)[C@@H](c2ccccc2)NC(=O)C(CO)NC(=O)[C@H](CO)NC(=O)CNC(=O)[C@H]([C@H](C)O)NC(=O)[C@H](C(C)C)NC(=O)[C@@H](CCCN=C(N)N)NC1=O. The van der Waals surface area contributed by atoms with Gasteiger partial charge < -0.3 is 85.5 Å². The summed E-state index contributed by atoms with van der Waals surface area (Å²) in [5, 5.41) is 63.8. The summed E-state index contributed by atoms with van der Waals surface area (Å²) in [6.07, 6.45) is -3.18. The smallest absolute Gasteiger partial charge is 0.245 e. The van der Waals surface area contributed by atoms with Crippen molar-refractivity contribution in [2.24, 2.45) is 39.9 Å². The Bertz CT molecular complexity index is 1980. The number of aliphatic hydroxyl groups excluding tert-OH is 4. The summed E-state index contributed by atoms with van der Waals surface area (Å²) in [5.74, 6) is -11.1. The second-order valence-corrected chi connectivity index (χ2v) is 18.1. The van der Waals surface area contributed by atoms with E-state index >= 15 is 0 Å². The number of nitrogens with one attached hydrogen (secondary N) is 9. The molecule has 70 heavy (non-hydrogen) atoms. The first-order valence-electron chi connectivity index (χ1n) is 23.0. The molecule has 2 rings (SSSR count). The third-order valence-corrected chi connectivity index (χ3v) is 11.0. The lowest BCUT2D eigenvalue weighted by atomic mass is 9.95. The summed E-state index contributed by atoms with van der Waals surface area (Å²) < 4.78 is 0. The molecular formula is C44H73N13O13. The molecule has 0 aliphatic carbocycles. The maximum Gasteiger partial charge on any atom is 0.245 e. The fraction of sp³-hybridized carbons (Fsp3) is 0.636. The Morgan fingerprint density at radius 1 is 0.614 bits per heavy atom. The van der Waals surface area contributed by atoms with E-state index in [1.165, 1.54) is 19.1 Å². The van der Waals surface area contributed by atoms with Gasteiger partial charge in [0.2, 0.25) is 53.2 Å². The molecule has 1 saturated heterocycles. The van der Waals surface area contributed by atoms with Crippen LogP contribution in [0.1, 0.15) is 79.3 Å². The van der Waals surface area contributed by atoms with Crippen molar-refractivity contribution in [3.8, 4) is 0 Å². The van der Waals surface area contributed by atoms with E-state index in [0.29, 0.717) is 0 Å². The Hall–Kier alpha value is -6.48. The Labute approximate surface area is 406 Å². The summed E-state index contributed by atoms with van der Waals surface area (Å²) in [4.78, 5) is 127. The van der Waals surface area contributed by atoms with Crippen molar-refractivity contribution < 1.29 is 63.6 Å². The molecule has 0 radical (unpaired) electrons. The van der Waals surface area contributed by atoms with Gasteiger partial charge in [0.1, 0.15) is 48.3 Å². The van der Waals surface area contributed by atoms with Gasteiger partial charge in [-0.1, -0.05) is 71.9 Å². The number of nitrogens with two attached hydrogens (primary N) is 3. The molecule has 0 saturated carbocycles. The average Bonchev–Trinajstić information content (AvgIpc) is 3.30. The first-order chi connectivity index (χ1) is 32.8. The lowest BCUT2D eigenvalue weighted by Gasteiger charge is -2.32. The van der Waals surface area contributed by atoms with Crippen molar-refractivity contribution in [2.75, 3.05) is 26.3 Å². The minimum Gasteiger partial charge on any atom is -0.394 e. The number of benzene rings is 1. The van der Waals surface area contributed by atoms with Gasteiger partial charge in [0.25, 0.3) is 0 Å². The fourth-order valence-electron chi connectivity index (χ4n) is 7.02. The van der Waals surface area contributed by atoms with Crippen LogP contribution in [0.15, 0.2) is 35.3 Å². The molecule has 1 aliphatic rings. The van der Waals surface area contributed by atoms with E-state index in [-0.39, 0.29) is 43.2 Å². The van der Waals surface area contributed by atoms with Crippen LogP contribution < -0.4 is 65.1 Å². The first kappa shape index (κ1) is 59.6. The van der Waals surface area contributed by atoms with Crippen LogP contribution >= 0.6 is 0 Å². The van der Waals surface area contributed by atoms with Crippen LogP contribution in [0.2, 0.25) is 0 Å². The van der Waals surface area contributed by atoms with Gasteiger partial charge in [-0.25, -0.2) is 0 Å². The Morgan fingerprint density at radius 2 is 1.11 bits per heavy atom. The van der Waals surface area contributed by atoms with Crippen molar-refractivity contribution in [3.63, 3.8) is 0 Å². The zero-order chi connectivity index (χ0) is 53.0. The van der Waals surface area contributed by atoms with Crippen LogP contribution in [0.5, 0.6) is 0 Å². The van der Waals surface area contributed by atoms with Crippen molar-refractivity contribution >= 4 is 59.1 Å². The number of nitrogens with zero attached hydrogens (tertiary/aromatic N) is 1. The van der Waals surface area contributed by atoms with Gasteiger partial charge in [-0.2, -0.15) is 0 Å². The van der Waals surface area contributed by atoms with E-state index in [1.807, 2.05) is 0 Å². The fourth-order valence-corrected chi connectivity index (χ4v) is 7.02. The minimum atomic E-state index is -1.77. The molecule has 11 atom stereocenters. The van der Waals surface area contributed by atoms with Gasteiger partial charge in [0.15, 0.2) is 5.96 Å². The highest BCUT2D eigenvalue weighted by atomic mass is 16.3. The van der Waals surface area contributed by atoms with Crippen LogP contribution in [0.4, 0.5) is 0 Å². The highest BCUT2D eigenvalue weighted by Gasteiger charge is 2.39. The summed E-state index contributed by atoms with van der Waals surface area (Å²) in [7, 11) is 0. The molecule has 26 nitrogen and oxygen atoms in total. The van der Waals surface area contributed by atoms with E-state index in [2.05, 4.69) is 52.8 Å². The summed E-state index contributed by atoms with van der Waals surface area (Å²) in [6, 6.07) is -6.62. The molecule has 1 aliphatic heterocycles. The molecule has 26 heteroatoms. The number of hydrogen-bond donors (Lipinski definition) is 16. The predicted octanol–water partition coefficient (Wildman–Crippen LogP) is -6.17. The number of hydrogen-bond acceptors (Lipinski definition) is 15. The van der Waals surface area contributed by atoms with Gasteiger partial charge in [-0.05, 0) is 49.5 Å². The van der Waals surface area contributed by atoms with Crippen molar-refractivity contribution in [1.29, 1.82) is 0 Å². The Balaban J connectivity index is 2.77. The van der Waals surface area contributed by atoms with E-state index < -0.39 is 151 Å². The van der Waals surface area contributed by atoms with Gasteiger partial charge in [-0.15, -0.1) is 0 Å². The highest BCUT2D eigenvalue weighted by molar-refractivity contribution is 5.98. The molecule has 392 valence electrons. The van der Waals surface area contributed by atoms with E-state index in [4.69, 9.17) is 17.2 Å². The second-order valence-electron chi connectivity index (χ2n) is 18.1. The standard InChI is InChI=1S/C44H73N13O13/c1-20(2)16-26-37(64)51-25(14-11-15-48-44(46)47)36(63)54-31(21(3)4)42(69)55-32(23(7)60)41(68)49-17-29(61)50-27(18-58)38(65)53-28(19-59)39(66)56-33(24-12-9-8-10-13-24)30(45)40(67)57-34(43(70)52-26)35(62)22(5)6/h8-10,12-13,20-23,25-28,30-35,58-60,62H,11,14-19,45H2,1-7H3,(H,49,68)(H,50,61)(H,51,64)(H,52,70)(H,53,65)(H,54,63)(H,55,69)(H,56,66)(H,57,67)(H4,46,47,48)/t23-,25+,26-,27-,28?,30-,31-,32-,33+,34-,35+/m0/s1. The lowest BCUT2D eigenvalue weighted by Crippen LogP contribution is -2.63. The van der Waals surface area contributed by atoms with Gasteiger partial charge in [-0.3, -0.25) is 48.1 Å². The number of rotatable bonds is 13. The van der Waals surface area contributed by atoms with Gasteiger partial charge >= 0.3 is 0 Å². The van der Waals surface area contributed by atoms with Crippen molar-refractivity contribution in [2.45, 2.75) is 134 Å². The summed E-state index contributed by atoms with van der Waals surface area (Å²) in [5.41, 5.74) is 17.7. The maximum atomic E-state index is 14.2. The normalized spacial score (nSPS) is 26.7. The van der Waals surface area contributed by atoms with Crippen LogP contribution in [-0.2, 0) is 43.2 Å². The molecule has 9 amide bonds. The molecule has 0 bridgehead atoms. The molecule has 0 spiro atoms. The molecule has 0 aromatic heterocycles. The largest absolute Gasteiger partial charge is 0.394 e. The highest BCUT2D eigenvalue weighted by Crippen LogP contribution is 2.18. The number of guanidine groups is 1. The van der Waals surface area contributed by atoms with Crippen LogP contribution in [0.3, 0.4) is 0 Å². The molecule has 1 heterocycles. The van der Waals surface area contributed by atoms with E-state index in [1.54, 1.807) is 59.7 Å². The Morgan fingerprint density at radius 3 is 1.66 bits per heavy atom. The minimum absolute atomic E-state index is 0.0206. The van der Waals surface area contributed by atoms with Crippen molar-refractivity contribution in [1.82, 2.24) is 47.9 Å². The first-order valence-corrected chi connectivity index (χ1v) is 23.0. The number of amides is 9. The maximum absolute atomic E-state index is 14.2. The number of aliphatic hydroxyl groups is 4. The lowest BCUT2D eigenvalue weighted by molar-refractivity contribution is -0.138. The number of carbonyl (C=O) groups excluding carboxylic acids is 9. The van der Waals surface area contributed by atoms with E-state index in [0.717, 1.165) is 0 Å². The molecule has 1 aromatic rings. The number of aliphatic imine (C=N–C) groups is 1. The molecule has 1 unspecified atom stereocenters. The third-order valence-electron chi connectivity index (χ3n) is 11.0.